The first kappa shape index (κ1) is 18.2. The van der Waals surface area contributed by atoms with E-state index in [1.54, 1.807) is 24.3 Å². The topological polar surface area (TPSA) is 126 Å². The number of rotatable bonds is 6. The highest BCUT2D eigenvalue weighted by molar-refractivity contribution is 5.89. The Kier molecular flexibility index (Phi) is 6.16. The minimum absolute atomic E-state index is 0.125. The van der Waals surface area contributed by atoms with Crippen LogP contribution >= 0.6 is 0 Å². The molecule has 8 heteroatoms. The molecule has 4 N–H and O–H groups in total. The van der Waals surface area contributed by atoms with Gasteiger partial charge in [0.25, 0.3) is 0 Å². The Morgan fingerprint density at radius 1 is 1.42 bits per heavy atom. The first-order valence-electron chi connectivity index (χ1n) is 7.32. The van der Waals surface area contributed by atoms with E-state index in [2.05, 4.69) is 0 Å². The fourth-order valence-electron chi connectivity index (χ4n) is 2.31. The lowest BCUT2D eigenvalue weighted by Crippen LogP contribution is -2.50. The molecule has 1 aliphatic heterocycles. The highest BCUT2D eigenvalue weighted by Gasteiger charge is 2.38. The van der Waals surface area contributed by atoms with Crippen molar-refractivity contribution >= 4 is 12.0 Å². The van der Waals surface area contributed by atoms with Gasteiger partial charge in [0.1, 0.15) is 18.0 Å². The number of benzene rings is 1. The number of carboxylic acid groups (broad SMARTS) is 1. The predicted molar refractivity (Wildman–Crippen MR) is 82.1 cm³/mol. The van der Waals surface area contributed by atoms with Gasteiger partial charge in [-0.15, -0.1) is 0 Å². The summed E-state index contributed by atoms with van der Waals surface area (Å²) >= 11 is 0. The van der Waals surface area contributed by atoms with Crippen LogP contribution in [-0.4, -0.2) is 64.7 Å². The summed E-state index contributed by atoms with van der Waals surface area (Å²) < 4.78 is 15.6. The molecular weight excluding hydrogens is 320 g/mol. The molecule has 1 aliphatic rings. The second-order valence-electron chi connectivity index (χ2n) is 5.29. The Labute approximate surface area is 138 Å². The fourth-order valence-corrected chi connectivity index (χ4v) is 2.31. The molecule has 2 rings (SSSR count). The van der Waals surface area contributed by atoms with Crippen LogP contribution in [0.5, 0.6) is 5.75 Å². The van der Waals surface area contributed by atoms with E-state index >= 15 is 0 Å². The second kappa shape index (κ2) is 8.11. The van der Waals surface area contributed by atoms with Gasteiger partial charge in [0, 0.05) is 6.42 Å². The maximum atomic E-state index is 11.4. The van der Waals surface area contributed by atoms with Crippen molar-refractivity contribution in [3.05, 3.63) is 35.6 Å². The number of aliphatic carboxylic acids is 1. The molecule has 0 amide bonds. The summed E-state index contributed by atoms with van der Waals surface area (Å²) in [5, 5.41) is 37.8. The van der Waals surface area contributed by atoms with E-state index in [0.29, 0.717) is 11.3 Å². The molecule has 132 valence electrons. The standard InChI is InChI=1S/C16H20O8/c1-22-10-4-2-3-9(5-10)6-12(16(20)21)23-14-7-11(18)15(19)13(8-17)24-14/h2-6,11,13-15,17-19H,7-8H2,1H3,(H,20,21)/b12-6-. The highest BCUT2D eigenvalue weighted by Crippen LogP contribution is 2.24. The summed E-state index contributed by atoms with van der Waals surface area (Å²) in [7, 11) is 1.50. The van der Waals surface area contributed by atoms with Crippen LogP contribution < -0.4 is 4.74 Å². The van der Waals surface area contributed by atoms with Gasteiger partial charge in [0.15, 0.2) is 0 Å². The summed E-state index contributed by atoms with van der Waals surface area (Å²) in [5.74, 6) is -1.16. The molecule has 0 bridgehead atoms. The van der Waals surface area contributed by atoms with Crippen LogP contribution in [0.3, 0.4) is 0 Å². The van der Waals surface area contributed by atoms with E-state index in [4.69, 9.17) is 19.3 Å². The van der Waals surface area contributed by atoms with Crippen molar-refractivity contribution in [1.29, 1.82) is 0 Å². The van der Waals surface area contributed by atoms with E-state index in [1.165, 1.54) is 13.2 Å². The maximum Gasteiger partial charge on any atom is 0.371 e. The van der Waals surface area contributed by atoms with Crippen molar-refractivity contribution in [2.75, 3.05) is 13.7 Å². The zero-order valence-corrected chi connectivity index (χ0v) is 13.0. The molecule has 0 spiro atoms. The van der Waals surface area contributed by atoms with Crippen molar-refractivity contribution < 1.29 is 39.4 Å². The minimum atomic E-state index is -1.32. The van der Waals surface area contributed by atoms with Gasteiger partial charge in [-0.3, -0.25) is 0 Å². The number of carbonyl (C=O) groups is 1. The largest absolute Gasteiger partial charge is 0.497 e. The smallest absolute Gasteiger partial charge is 0.371 e. The second-order valence-corrected chi connectivity index (χ2v) is 5.29. The van der Waals surface area contributed by atoms with Gasteiger partial charge < -0.3 is 34.6 Å². The van der Waals surface area contributed by atoms with Gasteiger partial charge in [-0.05, 0) is 23.8 Å². The van der Waals surface area contributed by atoms with E-state index in [-0.39, 0.29) is 6.42 Å². The monoisotopic (exact) mass is 340 g/mol. The lowest BCUT2D eigenvalue weighted by atomic mass is 10.0. The third-order valence-corrected chi connectivity index (χ3v) is 3.58. The van der Waals surface area contributed by atoms with Gasteiger partial charge in [-0.1, -0.05) is 12.1 Å². The van der Waals surface area contributed by atoms with E-state index in [9.17, 15) is 20.1 Å². The number of hydrogen-bond donors (Lipinski definition) is 4. The summed E-state index contributed by atoms with van der Waals surface area (Å²) in [4.78, 5) is 11.4. The molecule has 1 fully saturated rings. The molecule has 4 atom stereocenters. The van der Waals surface area contributed by atoms with Crippen LogP contribution in [-0.2, 0) is 14.3 Å². The van der Waals surface area contributed by atoms with Crippen LogP contribution in [0, 0.1) is 0 Å². The third kappa shape index (κ3) is 4.45. The lowest BCUT2D eigenvalue weighted by molar-refractivity contribution is -0.246. The number of methoxy groups -OCH3 is 1. The Bertz CT molecular complexity index is 599. The van der Waals surface area contributed by atoms with E-state index < -0.39 is 42.9 Å². The average molecular weight is 340 g/mol. The maximum absolute atomic E-state index is 11.4. The molecule has 4 unspecified atom stereocenters. The third-order valence-electron chi connectivity index (χ3n) is 3.58. The molecule has 1 aromatic carbocycles. The minimum Gasteiger partial charge on any atom is -0.497 e. The normalized spacial score (nSPS) is 27.6. The quantitative estimate of drug-likeness (QED) is 0.420. The van der Waals surface area contributed by atoms with Crippen molar-refractivity contribution in [1.82, 2.24) is 0 Å². The van der Waals surface area contributed by atoms with Crippen LogP contribution in [0.2, 0.25) is 0 Å². The van der Waals surface area contributed by atoms with E-state index in [0.717, 1.165) is 0 Å². The van der Waals surface area contributed by atoms with Crippen molar-refractivity contribution in [3.63, 3.8) is 0 Å². The van der Waals surface area contributed by atoms with Crippen molar-refractivity contribution in [3.8, 4) is 5.75 Å². The average Bonchev–Trinajstić information content (AvgIpc) is 2.57. The van der Waals surface area contributed by atoms with Gasteiger partial charge in [0.2, 0.25) is 12.0 Å². The molecule has 1 aromatic rings. The zero-order valence-electron chi connectivity index (χ0n) is 13.0. The van der Waals surface area contributed by atoms with Crippen molar-refractivity contribution in [2.24, 2.45) is 0 Å². The first-order chi connectivity index (χ1) is 11.4. The van der Waals surface area contributed by atoms with Gasteiger partial charge in [0.05, 0.1) is 19.8 Å². The molecule has 1 saturated heterocycles. The summed E-state index contributed by atoms with van der Waals surface area (Å²) in [6.07, 6.45) is -3.43. The predicted octanol–water partition coefficient (Wildman–Crippen LogP) is -0.0336. The Morgan fingerprint density at radius 3 is 2.79 bits per heavy atom. The summed E-state index contributed by atoms with van der Waals surface area (Å²) in [6, 6.07) is 6.71. The Hall–Kier alpha value is -2.13. The number of aliphatic hydroxyl groups is 3. The fraction of sp³-hybridized carbons (Fsp3) is 0.438. The highest BCUT2D eigenvalue weighted by atomic mass is 16.7. The molecule has 0 radical (unpaired) electrons. The molecule has 8 nitrogen and oxygen atoms in total. The van der Waals surface area contributed by atoms with Gasteiger partial charge in [-0.25, -0.2) is 4.79 Å². The molecule has 0 saturated carbocycles. The molecule has 0 aliphatic carbocycles. The Balaban J connectivity index is 2.16. The number of carboxylic acids is 1. The molecule has 1 heterocycles. The van der Waals surface area contributed by atoms with Crippen LogP contribution in [0.1, 0.15) is 12.0 Å². The lowest BCUT2D eigenvalue weighted by Gasteiger charge is -2.36. The summed E-state index contributed by atoms with van der Waals surface area (Å²) in [5.41, 5.74) is 0.543. The van der Waals surface area contributed by atoms with Crippen LogP contribution in [0.4, 0.5) is 0 Å². The number of aliphatic hydroxyl groups excluding tert-OH is 3. The zero-order chi connectivity index (χ0) is 17.7. The molecule has 0 aromatic heterocycles. The number of ether oxygens (including phenoxy) is 3. The first-order valence-corrected chi connectivity index (χ1v) is 7.32. The van der Waals surface area contributed by atoms with Crippen molar-refractivity contribution in [2.45, 2.75) is 31.0 Å². The summed E-state index contributed by atoms with van der Waals surface area (Å²) in [6.45, 7) is -0.528. The molecule has 24 heavy (non-hydrogen) atoms. The van der Waals surface area contributed by atoms with E-state index in [1.807, 2.05) is 0 Å². The molecular formula is C16H20O8. The number of hydrogen-bond acceptors (Lipinski definition) is 7. The SMILES string of the molecule is COc1cccc(/C=C(\OC2CC(O)C(O)C(CO)O2)C(=O)O)c1. The van der Waals surface area contributed by atoms with Crippen LogP contribution in [0.15, 0.2) is 30.0 Å². The Morgan fingerprint density at radius 2 is 2.17 bits per heavy atom. The van der Waals surface area contributed by atoms with Gasteiger partial charge in [-0.2, -0.15) is 0 Å². The van der Waals surface area contributed by atoms with Crippen LogP contribution in [0.25, 0.3) is 6.08 Å². The van der Waals surface area contributed by atoms with Gasteiger partial charge >= 0.3 is 5.97 Å².